The number of carbonyl (C=O) groups excluding carboxylic acids is 3. The topological polar surface area (TPSA) is 155 Å². The number of ether oxygens (including phenoxy) is 3. The number of rotatable bonds is 56. The third-order valence-corrected chi connectivity index (χ3v) is 13.7. The molecular weight excluding hydrogens is 976 g/mol. The molecule has 0 saturated heterocycles. The van der Waals surface area contributed by atoms with Gasteiger partial charge in [-0.3, -0.25) is 23.4 Å². The summed E-state index contributed by atoms with van der Waals surface area (Å²) in [5.41, 5.74) is 0. The highest BCUT2D eigenvalue weighted by atomic mass is 31.2. The maximum absolute atomic E-state index is 12.9. The number of aliphatic hydroxyl groups excluding tert-OH is 1. The molecule has 0 fully saturated rings. The van der Waals surface area contributed by atoms with Crippen LogP contribution in [0.25, 0.3) is 0 Å². The lowest BCUT2D eigenvalue weighted by molar-refractivity contribution is -0.161. The van der Waals surface area contributed by atoms with Crippen LogP contribution in [0.4, 0.5) is 0 Å². The molecule has 0 spiro atoms. The second kappa shape index (κ2) is 57.8. The minimum atomic E-state index is -4.77. The molecule has 76 heavy (non-hydrogen) atoms. The summed E-state index contributed by atoms with van der Waals surface area (Å²) in [6, 6.07) is 0. The average molecular weight is 1090 g/mol. The van der Waals surface area contributed by atoms with Crippen LogP contribution < -0.4 is 0 Å². The Bertz CT molecular complexity index is 1600. The molecule has 0 aliphatic carbocycles. The van der Waals surface area contributed by atoms with Crippen LogP contribution in [0, 0.1) is 0 Å². The number of esters is 3. The summed E-state index contributed by atoms with van der Waals surface area (Å²) in [6.07, 6.45) is 66.9. The maximum Gasteiger partial charge on any atom is 0.472 e. The Morgan fingerprint density at radius 1 is 0.382 bits per heavy atom. The van der Waals surface area contributed by atoms with Crippen molar-refractivity contribution in [3.63, 3.8) is 0 Å². The molecule has 0 radical (unpaired) electrons. The predicted molar refractivity (Wildman–Crippen MR) is 316 cm³/mol. The fourth-order valence-corrected chi connectivity index (χ4v) is 8.93. The second-order valence-corrected chi connectivity index (χ2v) is 21.6. The van der Waals surface area contributed by atoms with Crippen molar-refractivity contribution in [3.05, 3.63) is 85.1 Å². The fourth-order valence-electron chi connectivity index (χ4n) is 8.15. The largest absolute Gasteiger partial charge is 0.472 e. The molecule has 438 valence electrons. The number of phosphoric acid groups is 1. The standard InChI is InChI=1S/C64H111O11P/c1-4-7-10-13-16-19-22-25-27-29-30-32-34-37-40-43-46-49-52-55-64(68)75-61(57-71-62(66)53-50-47-44-41-38-35-24-21-18-15-12-9-6-3)59-73-76(69,70)72-58-60(56-65)74-63(67)54-51-48-45-42-39-36-33-31-28-26-23-20-17-14-11-8-5-2/h8,11,17,20-21,24-28,33,36,42,45,60-61,65H,4-7,9-10,12-16,18-19,22-23,29-32,34-35,37-41,43-44,46-59H2,1-3H3,(H,69,70)/b11-8-,20-17-,24-21-,27-25-,28-26-,36-33-,45-42-. The first-order chi connectivity index (χ1) is 37.2. The molecule has 0 amide bonds. The number of hydrogen-bond donors (Lipinski definition) is 2. The van der Waals surface area contributed by atoms with Crippen molar-refractivity contribution < 1.29 is 52.2 Å². The minimum absolute atomic E-state index is 0.0961. The van der Waals surface area contributed by atoms with Gasteiger partial charge in [-0.15, -0.1) is 0 Å². The van der Waals surface area contributed by atoms with Crippen molar-refractivity contribution in [1.29, 1.82) is 0 Å². The summed E-state index contributed by atoms with van der Waals surface area (Å²) in [5.74, 6) is -1.53. The zero-order valence-corrected chi connectivity index (χ0v) is 49.3. The second-order valence-electron chi connectivity index (χ2n) is 20.1. The summed E-state index contributed by atoms with van der Waals surface area (Å²) in [4.78, 5) is 48.6. The highest BCUT2D eigenvalue weighted by molar-refractivity contribution is 7.47. The Labute approximate surface area is 464 Å². The van der Waals surface area contributed by atoms with Crippen LogP contribution in [-0.2, 0) is 42.2 Å². The van der Waals surface area contributed by atoms with Crippen LogP contribution in [0.1, 0.15) is 265 Å². The number of phosphoric ester groups is 1. The van der Waals surface area contributed by atoms with Crippen LogP contribution in [0.15, 0.2) is 85.1 Å². The Morgan fingerprint density at radius 2 is 0.697 bits per heavy atom. The Kier molecular flexibility index (Phi) is 55.3. The zero-order valence-electron chi connectivity index (χ0n) is 48.5. The van der Waals surface area contributed by atoms with E-state index in [0.717, 1.165) is 89.9 Å². The van der Waals surface area contributed by atoms with Gasteiger partial charge in [-0.05, 0) is 109 Å². The van der Waals surface area contributed by atoms with Crippen molar-refractivity contribution in [3.8, 4) is 0 Å². The SMILES string of the molecule is CC/C=C\C/C=C\C/C=C\C/C=C\C/C=C\CCCC(=O)OC(CO)COP(=O)(O)OCC(COC(=O)CCCCCCC/C=C\CCCCCC)OC(=O)CCCCCCCCCCC/C=C\CCCCCCCC. The Morgan fingerprint density at radius 3 is 1.13 bits per heavy atom. The van der Waals surface area contributed by atoms with Gasteiger partial charge in [-0.2, -0.15) is 0 Å². The van der Waals surface area contributed by atoms with E-state index >= 15 is 0 Å². The van der Waals surface area contributed by atoms with E-state index in [1.165, 1.54) is 109 Å². The third kappa shape index (κ3) is 55.4. The van der Waals surface area contributed by atoms with Gasteiger partial charge >= 0.3 is 25.7 Å². The van der Waals surface area contributed by atoms with Gasteiger partial charge in [0.05, 0.1) is 19.8 Å². The molecule has 0 aromatic rings. The third-order valence-electron chi connectivity index (χ3n) is 12.8. The van der Waals surface area contributed by atoms with Gasteiger partial charge in [-0.25, -0.2) is 4.57 Å². The van der Waals surface area contributed by atoms with Crippen molar-refractivity contribution in [1.82, 2.24) is 0 Å². The summed E-state index contributed by atoms with van der Waals surface area (Å²) >= 11 is 0. The summed E-state index contributed by atoms with van der Waals surface area (Å²) < 4.78 is 39.5. The molecular formula is C64H111O11P. The molecule has 0 aromatic heterocycles. The van der Waals surface area contributed by atoms with Gasteiger partial charge < -0.3 is 24.2 Å². The van der Waals surface area contributed by atoms with Gasteiger partial charge in [-0.1, -0.05) is 221 Å². The van der Waals surface area contributed by atoms with Crippen LogP contribution in [0.3, 0.4) is 0 Å². The minimum Gasteiger partial charge on any atom is -0.462 e. The quantitative estimate of drug-likeness (QED) is 0.0197. The smallest absolute Gasteiger partial charge is 0.462 e. The molecule has 0 bridgehead atoms. The van der Waals surface area contributed by atoms with Gasteiger partial charge in [0.2, 0.25) is 0 Å². The number of allylic oxidation sites excluding steroid dienone is 14. The normalized spacial score (nSPS) is 13.9. The first-order valence-electron chi connectivity index (χ1n) is 30.5. The lowest BCUT2D eigenvalue weighted by Gasteiger charge is -2.21. The van der Waals surface area contributed by atoms with Gasteiger partial charge in [0, 0.05) is 19.3 Å². The van der Waals surface area contributed by atoms with E-state index in [1.54, 1.807) is 0 Å². The number of unbranched alkanes of at least 4 members (excludes halogenated alkanes) is 25. The molecule has 0 aliphatic rings. The van der Waals surface area contributed by atoms with Crippen molar-refractivity contribution in [2.45, 2.75) is 277 Å². The number of aliphatic hydroxyl groups is 1. The summed E-state index contributed by atoms with van der Waals surface area (Å²) in [6.45, 7) is 4.46. The van der Waals surface area contributed by atoms with E-state index in [2.05, 4.69) is 93.7 Å². The molecule has 2 N–H and O–H groups in total. The number of carbonyl (C=O) groups is 3. The summed E-state index contributed by atoms with van der Waals surface area (Å²) in [5, 5.41) is 9.82. The molecule has 0 aromatic carbocycles. The lowest BCUT2D eigenvalue weighted by Crippen LogP contribution is -2.30. The highest BCUT2D eigenvalue weighted by Gasteiger charge is 2.28. The molecule has 3 atom stereocenters. The highest BCUT2D eigenvalue weighted by Crippen LogP contribution is 2.43. The summed E-state index contributed by atoms with van der Waals surface area (Å²) in [7, 11) is -4.77. The number of hydrogen-bond acceptors (Lipinski definition) is 10. The van der Waals surface area contributed by atoms with E-state index in [0.29, 0.717) is 25.7 Å². The monoisotopic (exact) mass is 1090 g/mol. The fraction of sp³-hybridized carbons (Fsp3) is 0.734. The molecule has 11 nitrogen and oxygen atoms in total. The van der Waals surface area contributed by atoms with E-state index < -0.39 is 57.8 Å². The molecule has 3 unspecified atom stereocenters. The first kappa shape index (κ1) is 72.7. The zero-order chi connectivity index (χ0) is 55.5. The van der Waals surface area contributed by atoms with Gasteiger partial charge in [0.25, 0.3) is 0 Å². The van der Waals surface area contributed by atoms with E-state index in [1.807, 2.05) is 12.2 Å². The van der Waals surface area contributed by atoms with Crippen molar-refractivity contribution >= 4 is 25.7 Å². The van der Waals surface area contributed by atoms with E-state index in [4.69, 9.17) is 23.3 Å². The van der Waals surface area contributed by atoms with Crippen LogP contribution in [0.2, 0.25) is 0 Å². The van der Waals surface area contributed by atoms with Gasteiger partial charge in [0.15, 0.2) is 6.10 Å². The van der Waals surface area contributed by atoms with Gasteiger partial charge in [0.1, 0.15) is 12.7 Å². The lowest BCUT2D eigenvalue weighted by atomic mass is 10.1. The molecule has 0 rings (SSSR count). The van der Waals surface area contributed by atoms with Crippen LogP contribution in [-0.4, -0.2) is 66.5 Å². The maximum atomic E-state index is 12.9. The van der Waals surface area contributed by atoms with Crippen molar-refractivity contribution in [2.75, 3.05) is 26.4 Å². The molecule has 0 aliphatic heterocycles. The average Bonchev–Trinajstić information content (AvgIpc) is 3.41. The molecule has 0 heterocycles. The Balaban J connectivity index is 4.75. The Hall–Kier alpha value is -3.34. The van der Waals surface area contributed by atoms with Crippen molar-refractivity contribution in [2.24, 2.45) is 0 Å². The predicted octanol–water partition coefficient (Wildman–Crippen LogP) is 18.3. The van der Waals surface area contributed by atoms with Crippen LogP contribution in [0.5, 0.6) is 0 Å². The molecule has 12 heteroatoms. The van der Waals surface area contributed by atoms with E-state index in [9.17, 15) is 28.9 Å². The van der Waals surface area contributed by atoms with E-state index in [-0.39, 0.29) is 25.9 Å². The van der Waals surface area contributed by atoms with Crippen LogP contribution >= 0.6 is 7.82 Å². The molecule has 0 saturated carbocycles. The first-order valence-corrected chi connectivity index (χ1v) is 32.0.